The molecular formula is C13H20N2OS. The van der Waals surface area contributed by atoms with Crippen LogP contribution in [0.1, 0.15) is 34.8 Å². The fraction of sp³-hybridized carbons (Fsp3) is 0.615. The number of thiophene rings is 1. The van der Waals surface area contributed by atoms with Gasteiger partial charge in [0.05, 0.1) is 4.88 Å². The quantitative estimate of drug-likeness (QED) is 0.879. The average Bonchev–Trinajstić information content (AvgIpc) is 2.86. The van der Waals surface area contributed by atoms with Gasteiger partial charge in [0.2, 0.25) is 0 Å². The SMILES string of the molecule is Cc1sc(C(=O)N2CCC(C(C)C)C2)cc1N. The summed E-state index contributed by atoms with van der Waals surface area (Å²) < 4.78 is 0. The van der Waals surface area contributed by atoms with Gasteiger partial charge in [-0.3, -0.25) is 4.79 Å². The Morgan fingerprint density at radius 2 is 2.29 bits per heavy atom. The average molecular weight is 252 g/mol. The van der Waals surface area contributed by atoms with Crippen LogP contribution in [0.15, 0.2) is 6.07 Å². The molecule has 4 heteroatoms. The van der Waals surface area contributed by atoms with Crippen molar-refractivity contribution in [3.63, 3.8) is 0 Å². The van der Waals surface area contributed by atoms with Crippen LogP contribution in [0.25, 0.3) is 0 Å². The molecule has 1 aliphatic rings. The molecule has 2 heterocycles. The van der Waals surface area contributed by atoms with E-state index in [4.69, 9.17) is 5.73 Å². The summed E-state index contributed by atoms with van der Waals surface area (Å²) >= 11 is 1.50. The summed E-state index contributed by atoms with van der Waals surface area (Å²) in [6.07, 6.45) is 1.13. The van der Waals surface area contributed by atoms with E-state index in [1.807, 2.05) is 17.9 Å². The van der Waals surface area contributed by atoms with Crippen molar-refractivity contribution < 1.29 is 4.79 Å². The smallest absolute Gasteiger partial charge is 0.264 e. The number of likely N-dealkylation sites (tertiary alicyclic amines) is 1. The highest BCUT2D eigenvalue weighted by Gasteiger charge is 2.29. The Balaban J connectivity index is 2.07. The molecule has 1 aromatic rings. The molecule has 1 aliphatic heterocycles. The molecule has 1 saturated heterocycles. The molecule has 1 aromatic heterocycles. The molecule has 94 valence electrons. The Morgan fingerprint density at radius 3 is 2.76 bits per heavy atom. The fourth-order valence-corrected chi connectivity index (χ4v) is 3.18. The van der Waals surface area contributed by atoms with Gasteiger partial charge < -0.3 is 10.6 Å². The highest BCUT2D eigenvalue weighted by molar-refractivity contribution is 7.14. The van der Waals surface area contributed by atoms with Crippen molar-refractivity contribution in [3.05, 3.63) is 15.8 Å². The molecule has 0 aliphatic carbocycles. The summed E-state index contributed by atoms with van der Waals surface area (Å²) in [4.78, 5) is 16.0. The minimum absolute atomic E-state index is 0.151. The number of aryl methyl sites for hydroxylation is 1. The molecule has 2 N–H and O–H groups in total. The van der Waals surface area contributed by atoms with E-state index in [1.165, 1.54) is 11.3 Å². The molecule has 2 rings (SSSR count). The number of carbonyl (C=O) groups excluding carboxylic acids is 1. The first-order valence-electron chi connectivity index (χ1n) is 6.14. The molecule has 0 radical (unpaired) electrons. The highest BCUT2D eigenvalue weighted by Crippen LogP contribution is 2.28. The lowest BCUT2D eigenvalue weighted by Crippen LogP contribution is -2.28. The molecule has 17 heavy (non-hydrogen) atoms. The maximum absolute atomic E-state index is 12.3. The van der Waals surface area contributed by atoms with E-state index in [9.17, 15) is 4.79 Å². The van der Waals surface area contributed by atoms with Crippen LogP contribution in [-0.4, -0.2) is 23.9 Å². The van der Waals surface area contributed by atoms with Crippen molar-refractivity contribution in [1.82, 2.24) is 4.90 Å². The number of nitrogen functional groups attached to an aromatic ring is 1. The summed E-state index contributed by atoms with van der Waals surface area (Å²) in [5, 5.41) is 0. The van der Waals surface area contributed by atoms with Crippen molar-refractivity contribution in [1.29, 1.82) is 0 Å². The van der Waals surface area contributed by atoms with Crippen LogP contribution in [0, 0.1) is 18.8 Å². The Labute approximate surface area is 107 Å². The van der Waals surface area contributed by atoms with E-state index in [2.05, 4.69) is 13.8 Å². The molecular weight excluding hydrogens is 232 g/mol. The lowest BCUT2D eigenvalue weighted by molar-refractivity contribution is 0.0789. The number of hydrogen-bond acceptors (Lipinski definition) is 3. The first-order valence-corrected chi connectivity index (χ1v) is 6.96. The van der Waals surface area contributed by atoms with Gasteiger partial charge >= 0.3 is 0 Å². The third-order valence-electron chi connectivity index (χ3n) is 3.62. The van der Waals surface area contributed by atoms with Gasteiger partial charge in [0.25, 0.3) is 5.91 Å². The summed E-state index contributed by atoms with van der Waals surface area (Å²) in [5.74, 6) is 1.46. The first kappa shape index (κ1) is 12.4. The summed E-state index contributed by atoms with van der Waals surface area (Å²) in [7, 11) is 0. The normalized spacial score (nSPS) is 20.2. The molecule has 0 aromatic carbocycles. The largest absolute Gasteiger partial charge is 0.398 e. The molecule has 1 unspecified atom stereocenters. The maximum Gasteiger partial charge on any atom is 0.264 e. The zero-order chi connectivity index (χ0) is 12.6. The summed E-state index contributed by atoms with van der Waals surface area (Å²) in [6.45, 7) is 8.20. The third kappa shape index (κ3) is 2.46. The minimum Gasteiger partial charge on any atom is -0.398 e. The topological polar surface area (TPSA) is 46.3 Å². The van der Waals surface area contributed by atoms with Gasteiger partial charge in [0.1, 0.15) is 0 Å². The predicted octanol–water partition coefficient (Wildman–Crippen LogP) is 2.76. The van der Waals surface area contributed by atoms with Gasteiger partial charge in [0.15, 0.2) is 0 Å². The molecule has 0 saturated carbocycles. The third-order valence-corrected chi connectivity index (χ3v) is 4.68. The number of amides is 1. The van der Waals surface area contributed by atoms with Crippen molar-refractivity contribution in [2.75, 3.05) is 18.8 Å². The Bertz CT molecular complexity index is 406. The second-order valence-corrected chi connectivity index (χ2v) is 6.42. The number of anilines is 1. The van der Waals surface area contributed by atoms with Crippen LogP contribution in [0.5, 0.6) is 0 Å². The van der Waals surface area contributed by atoms with Crippen LogP contribution < -0.4 is 5.73 Å². The minimum atomic E-state index is 0.151. The Morgan fingerprint density at radius 1 is 1.59 bits per heavy atom. The predicted molar refractivity (Wildman–Crippen MR) is 72.3 cm³/mol. The van der Waals surface area contributed by atoms with Gasteiger partial charge in [0, 0.05) is 23.7 Å². The number of nitrogens with zero attached hydrogens (tertiary/aromatic N) is 1. The zero-order valence-electron chi connectivity index (χ0n) is 10.7. The summed E-state index contributed by atoms with van der Waals surface area (Å²) in [5.41, 5.74) is 6.53. The van der Waals surface area contributed by atoms with Crippen molar-refractivity contribution >= 4 is 22.9 Å². The lowest BCUT2D eigenvalue weighted by atomic mass is 9.95. The summed E-state index contributed by atoms with van der Waals surface area (Å²) in [6, 6.07) is 1.81. The highest BCUT2D eigenvalue weighted by atomic mass is 32.1. The van der Waals surface area contributed by atoms with Crippen molar-refractivity contribution in [3.8, 4) is 0 Å². The second kappa shape index (κ2) is 4.69. The van der Waals surface area contributed by atoms with E-state index in [-0.39, 0.29) is 5.91 Å². The van der Waals surface area contributed by atoms with Gasteiger partial charge in [-0.05, 0) is 31.2 Å². The van der Waals surface area contributed by atoms with E-state index in [0.29, 0.717) is 11.8 Å². The first-order chi connectivity index (χ1) is 7.99. The second-order valence-electron chi connectivity index (χ2n) is 5.17. The van der Waals surface area contributed by atoms with Gasteiger partial charge in [-0.15, -0.1) is 11.3 Å². The van der Waals surface area contributed by atoms with E-state index in [1.54, 1.807) is 0 Å². The van der Waals surface area contributed by atoms with Gasteiger partial charge in [-0.25, -0.2) is 0 Å². The number of hydrogen-bond donors (Lipinski definition) is 1. The van der Waals surface area contributed by atoms with E-state index < -0.39 is 0 Å². The van der Waals surface area contributed by atoms with Crippen LogP contribution in [0.2, 0.25) is 0 Å². The van der Waals surface area contributed by atoms with E-state index >= 15 is 0 Å². The van der Waals surface area contributed by atoms with Crippen LogP contribution >= 0.6 is 11.3 Å². The molecule has 1 atom stereocenters. The van der Waals surface area contributed by atoms with Gasteiger partial charge in [-0.1, -0.05) is 13.8 Å². The monoisotopic (exact) mass is 252 g/mol. The number of nitrogens with two attached hydrogens (primary N) is 1. The zero-order valence-corrected chi connectivity index (χ0v) is 11.5. The Kier molecular flexibility index (Phi) is 3.43. The lowest BCUT2D eigenvalue weighted by Gasteiger charge is -2.17. The fourth-order valence-electron chi connectivity index (χ4n) is 2.27. The molecule has 0 bridgehead atoms. The van der Waals surface area contributed by atoms with Crippen LogP contribution in [0.3, 0.4) is 0 Å². The molecule has 0 spiro atoms. The molecule has 1 fully saturated rings. The van der Waals surface area contributed by atoms with Crippen molar-refractivity contribution in [2.24, 2.45) is 11.8 Å². The maximum atomic E-state index is 12.3. The van der Waals surface area contributed by atoms with Crippen LogP contribution in [0.4, 0.5) is 5.69 Å². The van der Waals surface area contributed by atoms with E-state index in [0.717, 1.165) is 35.0 Å². The molecule has 3 nitrogen and oxygen atoms in total. The number of carbonyl (C=O) groups is 1. The van der Waals surface area contributed by atoms with Crippen molar-refractivity contribution in [2.45, 2.75) is 27.2 Å². The number of rotatable bonds is 2. The molecule has 1 amide bonds. The Hall–Kier alpha value is -1.03. The standard InChI is InChI=1S/C13H20N2OS/c1-8(2)10-4-5-15(7-10)13(16)12-6-11(14)9(3)17-12/h6,8,10H,4-5,7,14H2,1-3H3. The van der Waals surface area contributed by atoms with Crippen LogP contribution in [-0.2, 0) is 0 Å². The van der Waals surface area contributed by atoms with Gasteiger partial charge in [-0.2, -0.15) is 0 Å².